The van der Waals surface area contributed by atoms with Gasteiger partial charge >= 0.3 is 0 Å². The summed E-state index contributed by atoms with van der Waals surface area (Å²) in [4.78, 5) is 13.7. The zero-order chi connectivity index (χ0) is 10.8. The molecule has 0 aromatic rings. The SMILES string of the molecule is CC(C)=CC(=O)N1CC[Si](C)(C)CC1. The highest BCUT2D eigenvalue weighted by Crippen LogP contribution is 2.21. The van der Waals surface area contributed by atoms with E-state index in [1.165, 1.54) is 12.1 Å². The Balaban J connectivity index is 2.50. The van der Waals surface area contributed by atoms with Gasteiger partial charge in [-0.3, -0.25) is 4.79 Å². The molecule has 0 spiro atoms. The molecule has 0 saturated carbocycles. The molecule has 2 nitrogen and oxygen atoms in total. The van der Waals surface area contributed by atoms with Gasteiger partial charge in [0.1, 0.15) is 0 Å². The maximum Gasteiger partial charge on any atom is 0.246 e. The second kappa shape index (κ2) is 4.30. The second-order valence-corrected chi connectivity index (χ2v) is 10.5. The molecular formula is C11H21NOSi. The molecule has 80 valence electrons. The van der Waals surface area contributed by atoms with Gasteiger partial charge in [0, 0.05) is 19.2 Å². The van der Waals surface area contributed by atoms with Crippen LogP contribution in [0.1, 0.15) is 13.8 Å². The molecule has 1 amide bonds. The number of carbonyl (C=O) groups is 1. The van der Waals surface area contributed by atoms with Crippen molar-refractivity contribution in [2.24, 2.45) is 0 Å². The molecule has 0 radical (unpaired) electrons. The predicted octanol–water partition coefficient (Wildman–Crippen LogP) is 2.50. The summed E-state index contributed by atoms with van der Waals surface area (Å²) < 4.78 is 0. The van der Waals surface area contributed by atoms with Gasteiger partial charge in [0.05, 0.1) is 8.07 Å². The molecule has 1 rings (SSSR count). The second-order valence-electron chi connectivity index (χ2n) is 5.21. The maximum absolute atomic E-state index is 11.7. The third-order valence-corrected chi connectivity index (χ3v) is 6.00. The van der Waals surface area contributed by atoms with Crippen molar-refractivity contribution in [3.8, 4) is 0 Å². The van der Waals surface area contributed by atoms with E-state index in [9.17, 15) is 4.79 Å². The number of allylic oxidation sites excluding steroid dienone is 1. The van der Waals surface area contributed by atoms with Crippen LogP contribution in [0.3, 0.4) is 0 Å². The monoisotopic (exact) mass is 211 g/mol. The quantitative estimate of drug-likeness (QED) is 0.482. The van der Waals surface area contributed by atoms with Crippen molar-refractivity contribution in [1.29, 1.82) is 0 Å². The Morgan fingerprint density at radius 3 is 2.14 bits per heavy atom. The Morgan fingerprint density at radius 1 is 1.21 bits per heavy atom. The molecule has 0 aliphatic carbocycles. The normalized spacial score (nSPS) is 20.4. The first-order valence-corrected chi connectivity index (χ1v) is 8.76. The summed E-state index contributed by atoms with van der Waals surface area (Å²) in [6.45, 7) is 10.7. The van der Waals surface area contributed by atoms with E-state index in [0.717, 1.165) is 18.7 Å². The summed E-state index contributed by atoms with van der Waals surface area (Å²) in [5.41, 5.74) is 1.09. The van der Waals surface area contributed by atoms with Crippen LogP contribution in [0.15, 0.2) is 11.6 Å². The number of hydrogen-bond donors (Lipinski definition) is 0. The average molecular weight is 211 g/mol. The maximum atomic E-state index is 11.7. The van der Waals surface area contributed by atoms with Crippen molar-refractivity contribution >= 4 is 14.0 Å². The largest absolute Gasteiger partial charge is 0.340 e. The topological polar surface area (TPSA) is 20.3 Å². The van der Waals surface area contributed by atoms with Crippen LogP contribution in [0, 0.1) is 0 Å². The molecule has 0 aromatic carbocycles. The van der Waals surface area contributed by atoms with Gasteiger partial charge in [-0.05, 0) is 25.9 Å². The van der Waals surface area contributed by atoms with Gasteiger partial charge in [-0.2, -0.15) is 0 Å². The van der Waals surface area contributed by atoms with Gasteiger partial charge in [0.2, 0.25) is 5.91 Å². The Kier molecular flexibility index (Phi) is 3.53. The lowest BCUT2D eigenvalue weighted by atomic mass is 10.3. The molecule has 0 atom stereocenters. The first kappa shape index (κ1) is 11.5. The molecule has 14 heavy (non-hydrogen) atoms. The molecule has 1 fully saturated rings. The van der Waals surface area contributed by atoms with E-state index in [2.05, 4.69) is 13.1 Å². The van der Waals surface area contributed by atoms with Crippen LogP contribution in [0.4, 0.5) is 0 Å². The van der Waals surface area contributed by atoms with Crippen molar-refractivity contribution in [3.05, 3.63) is 11.6 Å². The van der Waals surface area contributed by atoms with E-state index in [-0.39, 0.29) is 5.91 Å². The number of nitrogens with zero attached hydrogens (tertiary/aromatic N) is 1. The molecule has 3 heteroatoms. The lowest BCUT2D eigenvalue weighted by molar-refractivity contribution is -0.125. The van der Waals surface area contributed by atoms with Gasteiger partial charge in [-0.15, -0.1) is 0 Å². The van der Waals surface area contributed by atoms with Crippen molar-refractivity contribution in [2.45, 2.75) is 39.0 Å². The fourth-order valence-electron chi connectivity index (χ4n) is 1.67. The van der Waals surface area contributed by atoms with Crippen LogP contribution in [0.2, 0.25) is 25.2 Å². The highest BCUT2D eigenvalue weighted by atomic mass is 28.3. The number of rotatable bonds is 1. The first-order valence-electron chi connectivity index (χ1n) is 5.34. The third kappa shape index (κ3) is 3.29. The number of amides is 1. The standard InChI is InChI=1S/C11H21NOSi/c1-10(2)9-11(13)12-5-7-14(3,4)8-6-12/h9H,5-8H2,1-4H3. The van der Waals surface area contributed by atoms with E-state index < -0.39 is 8.07 Å². The molecule has 1 aliphatic heterocycles. The van der Waals surface area contributed by atoms with Crippen LogP contribution < -0.4 is 0 Å². The highest BCUT2D eigenvalue weighted by molar-refractivity contribution is 6.77. The molecule has 1 heterocycles. The Hall–Kier alpha value is -0.573. The van der Waals surface area contributed by atoms with Crippen molar-refractivity contribution in [3.63, 3.8) is 0 Å². The lowest BCUT2D eigenvalue weighted by Crippen LogP contribution is -2.44. The van der Waals surface area contributed by atoms with Crippen LogP contribution >= 0.6 is 0 Å². The Labute approximate surface area is 88.0 Å². The smallest absolute Gasteiger partial charge is 0.246 e. The van der Waals surface area contributed by atoms with Gasteiger partial charge in [0.25, 0.3) is 0 Å². The molecule has 0 N–H and O–H groups in total. The molecule has 0 bridgehead atoms. The van der Waals surface area contributed by atoms with Gasteiger partial charge < -0.3 is 4.90 Å². The van der Waals surface area contributed by atoms with Crippen LogP contribution in [-0.2, 0) is 4.79 Å². The summed E-state index contributed by atoms with van der Waals surface area (Å²) >= 11 is 0. The number of carbonyl (C=O) groups excluding carboxylic acids is 1. The summed E-state index contributed by atoms with van der Waals surface area (Å²) in [5.74, 6) is 0.203. The average Bonchev–Trinajstić information content (AvgIpc) is 2.02. The van der Waals surface area contributed by atoms with Crippen molar-refractivity contribution < 1.29 is 4.79 Å². The zero-order valence-electron chi connectivity index (χ0n) is 9.76. The highest BCUT2D eigenvalue weighted by Gasteiger charge is 2.28. The first-order chi connectivity index (χ1) is 6.41. The molecule has 0 aromatic heterocycles. The summed E-state index contributed by atoms with van der Waals surface area (Å²) in [5, 5.41) is 0. The summed E-state index contributed by atoms with van der Waals surface area (Å²) in [7, 11) is -0.933. The van der Waals surface area contributed by atoms with E-state index in [1.807, 2.05) is 18.7 Å². The minimum atomic E-state index is -0.933. The minimum Gasteiger partial charge on any atom is -0.340 e. The van der Waals surface area contributed by atoms with Gasteiger partial charge in [0.15, 0.2) is 0 Å². The van der Waals surface area contributed by atoms with Crippen LogP contribution in [0.25, 0.3) is 0 Å². The summed E-state index contributed by atoms with van der Waals surface area (Å²) in [6, 6.07) is 2.52. The molecular weight excluding hydrogens is 190 g/mol. The van der Waals surface area contributed by atoms with Gasteiger partial charge in [-0.1, -0.05) is 18.7 Å². The Morgan fingerprint density at radius 2 is 1.71 bits per heavy atom. The van der Waals surface area contributed by atoms with E-state index in [0.29, 0.717) is 0 Å². The molecule has 1 aliphatic rings. The fraction of sp³-hybridized carbons (Fsp3) is 0.727. The summed E-state index contributed by atoms with van der Waals surface area (Å²) in [6.07, 6.45) is 1.75. The molecule has 0 unspecified atom stereocenters. The van der Waals surface area contributed by atoms with Gasteiger partial charge in [-0.25, -0.2) is 0 Å². The predicted molar refractivity (Wildman–Crippen MR) is 63.1 cm³/mol. The van der Waals surface area contributed by atoms with E-state index >= 15 is 0 Å². The zero-order valence-corrected chi connectivity index (χ0v) is 10.8. The van der Waals surface area contributed by atoms with Crippen LogP contribution in [0.5, 0.6) is 0 Å². The fourth-order valence-corrected chi connectivity index (χ4v) is 3.67. The Bertz CT molecular complexity index is 244. The van der Waals surface area contributed by atoms with E-state index in [1.54, 1.807) is 6.08 Å². The van der Waals surface area contributed by atoms with E-state index in [4.69, 9.17) is 0 Å². The minimum absolute atomic E-state index is 0.203. The van der Waals surface area contributed by atoms with Crippen molar-refractivity contribution in [1.82, 2.24) is 4.90 Å². The lowest BCUT2D eigenvalue weighted by Gasteiger charge is -2.35. The third-order valence-electron chi connectivity index (χ3n) is 2.84. The van der Waals surface area contributed by atoms with Crippen molar-refractivity contribution in [2.75, 3.05) is 13.1 Å². The van der Waals surface area contributed by atoms with Crippen LogP contribution in [-0.4, -0.2) is 32.0 Å². The number of hydrogen-bond acceptors (Lipinski definition) is 1. The molecule has 1 saturated heterocycles.